The predicted octanol–water partition coefficient (Wildman–Crippen LogP) is 4.94. The van der Waals surface area contributed by atoms with Crippen molar-refractivity contribution < 1.29 is 4.74 Å². The number of hydrogen-bond acceptors (Lipinski definition) is 3. The van der Waals surface area contributed by atoms with E-state index in [1.54, 1.807) is 18.3 Å². The van der Waals surface area contributed by atoms with Crippen LogP contribution in [0.5, 0.6) is 11.6 Å². The second kappa shape index (κ2) is 5.69. The first-order valence-electron chi connectivity index (χ1n) is 4.36. The lowest BCUT2D eigenvalue weighted by atomic mass is 10.3. The van der Waals surface area contributed by atoms with Gasteiger partial charge in [0, 0.05) is 16.7 Å². The smallest absolute Gasteiger partial charge is 0.235 e. The Balaban J connectivity index is 2.37. The molecule has 1 aromatic carbocycles. The standard InChI is InChI=1S/C10H4BrCl2IN2O/c11-5-1-7(13)9(2-6(5)12)17-10-8(14)3-15-4-16-10/h1-4H. The van der Waals surface area contributed by atoms with Gasteiger partial charge in [-0.1, -0.05) is 23.2 Å². The summed E-state index contributed by atoms with van der Waals surface area (Å²) in [7, 11) is 0. The predicted molar refractivity (Wildman–Crippen MR) is 79.0 cm³/mol. The van der Waals surface area contributed by atoms with E-state index in [0.29, 0.717) is 26.1 Å². The minimum atomic E-state index is 0.445. The van der Waals surface area contributed by atoms with E-state index in [4.69, 9.17) is 27.9 Å². The third-order valence-corrected chi connectivity index (χ3v) is 4.05. The number of ether oxygens (including phenoxy) is 1. The third kappa shape index (κ3) is 3.21. The monoisotopic (exact) mass is 444 g/mol. The van der Waals surface area contributed by atoms with Crippen molar-refractivity contribution in [1.82, 2.24) is 9.97 Å². The Hall–Kier alpha value is -0.110. The fourth-order valence-corrected chi connectivity index (χ4v) is 2.30. The fraction of sp³-hybridized carbons (Fsp3) is 0. The van der Waals surface area contributed by atoms with Gasteiger partial charge >= 0.3 is 0 Å². The van der Waals surface area contributed by atoms with Crippen LogP contribution in [0, 0.1) is 3.57 Å². The van der Waals surface area contributed by atoms with Crippen molar-refractivity contribution in [2.75, 3.05) is 0 Å². The first-order valence-corrected chi connectivity index (χ1v) is 6.98. The Morgan fingerprint density at radius 1 is 1.24 bits per heavy atom. The maximum Gasteiger partial charge on any atom is 0.235 e. The van der Waals surface area contributed by atoms with Gasteiger partial charge in [-0.2, -0.15) is 0 Å². The molecule has 0 radical (unpaired) electrons. The number of hydrogen-bond donors (Lipinski definition) is 0. The average molecular weight is 446 g/mol. The largest absolute Gasteiger partial charge is 0.436 e. The van der Waals surface area contributed by atoms with Crippen molar-refractivity contribution >= 4 is 61.7 Å². The summed E-state index contributed by atoms with van der Waals surface area (Å²) in [5.74, 6) is 0.900. The normalized spacial score (nSPS) is 10.4. The Labute approximate surface area is 130 Å². The molecule has 0 saturated heterocycles. The highest BCUT2D eigenvalue weighted by atomic mass is 127. The molecule has 0 aliphatic carbocycles. The van der Waals surface area contributed by atoms with Crippen LogP contribution in [0.3, 0.4) is 0 Å². The van der Waals surface area contributed by atoms with E-state index in [-0.39, 0.29) is 0 Å². The van der Waals surface area contributed by atoms with Crippen LogP contribution >= 0.6 is 61.7 Å². The lowest BCUT2D eigenvalue weighted by Gasteiger charge is -2.08. The molecular weight excluding hydrogens is 442 g/mol. The highest BCUT2D eigenvalue weighted by Crippen LogP contribution is 2.36. The number of aromatic nitrogens is 2. The Morgan fingerprint density at radius 3 is 2.71 bits per heavy atom. The first kappa shape index (κ1) is 13.3. The SMILES string of the molecule is Clc1cc(Oc2ncncc2I)c(Cl)cc1Br. The summed E-state index contributed by atoms with van der Waals surface area (Å²) in [5.41, 5.74) is 0. The van der Waals surface area contributed by atoms with Gasteiger partial charge < -0.3 is 4.74 Å². The minimum Gasteiger partial charge on any atom is -0.436 e. The van der Waals surface area contributed by atoms with Gasteiger partial charge in [0.15, 0.2) is 0 Å². The second-order valence-corrected chi connectivity index (χ2v) is 5.81. The van der Waals surface area contributed by atoms with E-state index in [0.717, 1.165) is 3.57 Å². The summed E-state index contributed by atoms with van der Waals surface area (Å²) in [6.07, 6.45) is 3.06. The Bertz CT molecular complexity index is 568. The molecule has 3 nitrogen and oxygen atoms in total. The van der Waals surface area contributed by atoms with Crippen molar-refractivity contribution in [3.05, 3.63) is 42.7 Å². The van der Waals surface area contributed by atoms with E-state index in [1.807, 2.05) is 0 Å². The van der Waals surface area contributed by atoms with Gasteiger partial charge in [0.25, 0.3) is 0 Å². The van der Waals surface area contributed by atoms with Crippen LogP contribution in [0.2, 0.25) is 10.0 Å². The zero-order chi connectivity index (χ0) is 12.4. The molecule has 2 aromatic rings. The van der Waals surface area contributed by atoms with E-state index < -0.39 is 0 Å². The molecule has 0 bridgehead atoms. The number of benzene rings is 1. The number of nitrogens with zero attached hydrogens (tertiary/aromatic N) is 2. The molecule has 0 amide bonds. The lowest BCUT2D eigenvalue weighted by molar-refractivity contribution is 0.458. The second-order valence-electron chi connectivity index (χ2n) is 2.97. The van der Waals surface area contributed by atoms with E-state index in [2.05, 4.69) is 48.5 Å². The van der Waals surface area contributed by atoms with Gasteiger partial charge in [0.1, 0.15) is 12.1 Å². The van der Waals surface area contributed by atoms with E-state index >= 15 is 0 Å². The van der Waals surface area contributed by atoms with Gasteiger partial charge in [0.05, 0.1) is 13.6 Å². The van der Waals surface area contributed by atoms with Crippen LogP contribution in [0.25, 0.3) is 0 Å². The summed E-state index contributed by atoms with van der Waals surface area (Å²) < 4.78 is 7.09. The molecule has 17 heavy (non-hydrogen) atoms. The minimum absolute atomic E-state index is 0.445. The molecule has 0 aliphatic rings. The van der Waals surface area contributed by atoms with Crippen LogP contribution in [-0.4, -0.2) is 9.97 Å². The van der Waals surface area contributed by atoms with E-state index in [1.165, 1.54) is 6.33 Å². The lowest BCUT2D eigenvalue weighted by Crippen LogP contribution is -1.92. The van der Waals surface area contributed by atoms with Crippen molar-refractivity contribution in [1.29, 1.82) is 0 Å². The number of rotatable bonds is 2. The topological polar surface area (TPSA) is 35.0 Å². The molecule has 0 saturated carbocycles. The maximum absolute atomic E-state index is 6.04. The Kier molecular flexibility index (Phi) is 4.46. The van der Waals surface area contributed by atoms with Crippen molar-refractivity contribution in [2.45, 2.75) is 0 Å². The van der Waals surface area contributed by atoms with Crippen LogP contribution < -0.4 is 4.74 Å². The molecule has 88 valence electrons. The number of halogens is 4. The molecule has 1 heterocycles. The summed E-state index contributed by atoms with van der Waals surface area (Å²) in [4.78, 5) is 7.89. The molecule has 0 aliphatic heterocycles. The van der Waals surface area contributed by atoms with Gasteiger partial charge in [-0.25, -0.2) is 9.97 Å². The molecular formula is C10H4BrCl2IN2O. The molecule has 0 spiro atoms. The molecule has 0 unspecified atom stereocenters. The third-order valence-electron chi connectivity index (χ3n) is 1.82. The molecule has 2 rings (SSSR count). The summed E-state index contributed by atoms with van der Waals surface area (Å²) in [6.45, 7) is 0. The van der Waals surface area contributed by atoms with Crippen molar-refractivity contribution in [2.24, 2.45) is 0 Å². The van der Waals surface area contributed by atoms with Gasteiger partial charge in [-0.05, 0) is 44.6 Å². The van der Waals surface area contributed by atoms with Gasteiger partial charge in [-0.3, -0.25) is 0 Å². The highest BCUT2D eigenvalue weighted by Gasteiger charge is 2.10. The van der Waals surface area contributed by atoms with Gasteiger partial charge in [-0.15, -0.1) is 0 Å². The van der Waals surface area contributed by atoms with Gasteiger partial charge in [0.2, 0.25) is 5.88 Å². The van der Waals surface area contributed by atoms with Crippen LogP contribution in [0.4, 0.5) is 0 Å². The zero-order valence-corrected chi connectivity index (χ0v) is 13.4. The quantitative estimate of drug-likeness (QED) is 0.485. The van der Waals surface area contributed by atoms with Crippen LogP contribution in [0.1, 0.15) is 0 Å². The van der Waals surface area contributed by atoms with E-state index in [9.17, 15) is 0 Å². The average Bonchev–Trinajstić information content (AvgIpc) is 2.29. The van der Waals surface area contributed by atoms with Crippen LogP contribution in [-0.2, 0) is 0 Å². The maximum atomic E-state index is 6.04. The van der Waals surface area contributed by atoms with Crippen LogP contribution in [0.15, 0.2) is 29.1 Å². The fourth-order valence-electron chi connectivity index (χ4n) is 1.06. The first-order chi connectivity index (χ1) is 8.08. The highest BCUT2D eigenvalue weighted by molar-refractivity contribution is 14.1. The molecule has 0 fully saturated rings. The Morgan fingerprint density at radius 2 is 2.00 bits per heavy atom. The van der Waals surface area contributed by atoms with Crippen molar-refractivity contribution in [3.63, 3.8) is 0 Å². The van der Waals surface area contributed by atoms with Crippen molar-refractivity contribution in [3.8, 4) is 11.6 Å². The molecule has 0 atom stereocenters. The summed E-state index contributed by atoms with van der Waals surface area (Å²) in [6, 6.07) is 3.30. The molecule has 1 aromatic heterocycles. The molecule has 0 N–H and O–H groups in total. The molecule has 7 heteroatoms. The summed E-state index contributed by atoms with van der Waals surface area (Å²) in [5, 5.41) is 0.976. The summed E-state index contributed by atoms with van der Waals surface area (Å²) >= 11 is 17.4. The zero-order valence-electron chi connectivity index (χ0n) is 8.12.